The SMILES string of the molecule is CC(C)CCCCCCCCCCC[NH2+][O-]. The highest BCUT2D eigenvalue weighted by Crippen LogP contribution is 2.12. The van der Waals surface area contributed by atoms with Crippen molar-refractivity contribution in [2.75, 3.05) is 6.54 Å². The second kappa shape index (κ2) is 13.0. The molecule has 0 aromatic rings. The molecule has 0 rings (SSSR count). The molecule has 0 spiro atoms. The van der Waals surface area contributed by atoms with Crippen LogP contribution in [-0.4, -0.2) is 6.54 Å². The molecule has 0 atom stereocenters. The minimum absolute atomic E-state index is 0.759. The summed E-state index contributed by atoms with van der Waals surface area (Å²) in [6, 6.07) is 0. The van der Waals surface area contributed by atoms with E-state index in [0.717, 1.165) is 24.4 Å². The van der Waals surface area contributed by atoms with Crippen LogP contribution >= 0.6 is 0 Å². The van der Waals surface area contributed by atoms with E-state index >= 15 is 0 Å². The van der Waals surface area contributed by atoms with Gasteiger partial charge in [-0.2, -0.15) is 0 Å². The summed E-state index contributed by atoms with van der Waals surface area (Å²) in [5, 5.41) is 10.1. The Kier molecular flexibility index (Phi) is 12.9. The third-order valence-electron chi connectivity index (χ3n) is 3.10. The highest BCUT2D eigenvalue weighted by Gasteiger charge is 1.95. The summed E-state index contributed by atoms with van der Waals surface area (Å²) in [6.07, 6.45) is 13.5. The fourth-order valence-corrected chi connectivity index (χ4v) is 2.02. The Morgan fingerprint density at radius 3 is 1.62 bits per heavy atom. The molecule has 2 N–H and O–H groups in total. The summed E-state index contributed by atoms with van der Waals surface area (Å²) in [7, 11) is 0. The fourth-order valence-electron chi connectivity index (χ4n) is 2.02. The van der Waals surface area contributed by atoms with Crippen molar-refractivity contribution in [2.24, 2.45) is 5.92 Å². The molecule has 0 saturated heterocycles. The van der Waals surface area contributed by atoms with Gasteiger partial charge in [-0.05, 0) is 18.8 Å². The molecule has 2 nitrogen and oxygen atoms in total. The Morgan fingerprint density at radius 2 is 1.19 bits per heavy atom. The number of quaternary nitrogens is 1. The maximum Gasteiger partial charge on any atom is 0.0752 e. The van der Waals surface area contributed by atoms with Gasteiger partial charge in [0.1, 0.15) is 0 Å². The topological polar surface area (TPSA) is 39.7 Å². The van der Waals surface area contributed by atoms with E-state index in [0.29, 0.717) is 0 Å². The first-order chi connectivity index (χ1) is 7.77. The van der Waals surface area contributed by atoms with Crippen LogP contribution in [-0.2, 0) is 0 Å². The minimum atomic E-state index is 0.759. The highest BCUT2D eigenvalue weighted by molar-refractivity contribution is 4.49. The average molecular weight is 229 g/mol. The Hall–Kier alpha value is -0.0800. The van der Waals surface area contributed by atoms with Crippen LogP contribution in [0.1, 0.15) is 78.1 Å². The van der Waals surface area contributed by atoms with E-state index in [2.05, 4.69) is 13.8 Å². The summed E-state index contributed by atoms with van der Waals surface area (Å²) in [4.78, 5) is 0. The highest BCUT2D eigenvalue weighted by atomic mass is 16.5. The van der Waals surface area contributed by atoms with Crippen molar-refractivity contribution in [1.82, 2.24) is 0 Å². The van der Waals surface area contributed by atoms with Gasteiger partial charge < -0.3 is 10.7 Å². The molecule has 0 unspecified atom stereocenters. The van der Waals surface area contributed by atoms with Crippen LogP contribution < -0.4 is 5.48 Å². The first-order valence-corrected chi connectivity index (χ1v) is 7.21. The summed E-state index contributed by atoms with van der Waals surface area (Å²) in [6.45, 7) is 5.37. The lowest BCUT2D eigenvalue weighted by molar-refractivity contribution is -0.589. The predicted octanol–water partition coefficient (Wildman–Crippen LogP) is 3.60. The number of hydrogen-bond acceptors (Lipinski definition) is 1. The molecular formula is C14H31NO. The standard InChI is InChI=1S/C14H31NO/c1-14(2)12-10-8-6-4-3-5-7-9-11-13-15-16/h14H,3-13,15H2,1-2H3. The summed E-state index contributed by atoms with van der Waals surface area (Å²) < 4.78 is 0. The van der Waals surface area contributed by atoms with Crippen LogP contribution in [0.3, 0.4) is 0 Å². The molecule has 0 fully saturated rings. The molecule has 0 aliphatic heterocycles. The van der Waals surface area contributed by atoms with Gasteiger partial charge >= 0.3 is 0 Å². The van der Waals surface area contributed by atoms with Gasteiger partial charge in [0.2, 0.25) is 0 Å². The van der Waals surface area contributed by atoms with Crippen molar-refractivity contribution in [3.8, 4) is 0 Å². The largest absolute Gasteiger partial charge is 0.636 e. The van der Waals surface area contributed by atoms with Gasteiger partial charge in [-0.1, -0.05) is 65.2 Å². The second-order valence-electron chi connectivity index (χ2n) is 5.32. The molecule has 0 aromatic carbocycles. The lowest BCUT2D eigenvalue weighted by Gasteiger charge is -2.04. The van der Waals surface area contributed by atoms with E-state index in [1.165, 1.54) is 57.8 Å². The molecule has 2 heteroatoms. The molecule has 16 heavy (non-hydrogen) atoms. The first kappa shape index (κ1) is 15.9. The van der Waals surface area contributed by atoms with E-state index in [9.17, 15) is 5.21 Å². The van der Waals surface area contributed by atoms with E-state index < -0.39 is 0 Å². The minimum Gasteiger partial charge on any atom is -0.636 e. The third-order valence-corrected chi connectivity index (χ3v) is 3.10. The van der Waals surface area contributed by atoms with Crippen molar-refractivity contribution in [2.45, 2.75) is 78.1 Å². The lowest BCUT2D eigenvalue weighted by atomic mass is 10.0. The summed E-state index contributed by atoms with van der Waals surface area (Å²) in [5.74, 6) is 0.873. The monoisotopic (exact) mass is 229 g/mol. The molecule has 98 valence electrons. The van der Waals surface area contributed by atoms with Gasteiger partial charge in [0.25, 0.3) is 0 Å². The van der Waals surface area contributed by atoms with Crippen molar-refractivity contribution in [3.63, 3.8) is 0 Å². The van der Waals surface area contributed by atoms with Crippen LogP contribution in [0, 0.1) is 11.1 Å². The molecule has 0 amide bonds. The van der Waals surface area contributed by atoms with E-state index in [1.807, 2.05) is 0 Å². The van der Waals surface area contributed by atoms with Gasteiger partial charge in [0.05, 0.1) is 6.54 Å². The zero-order valence-electron chi connectivity index (χ0n) is 11.3. The van der Waals surface area contributed by atoms with Crippen LogP contribution in [0.15, 0.2) is 0 Å². The number of hydrogen-bond donors (Lipinski definition) is 1. The van der Waals surface area contributed by atoms with Crippen molar-refractivity contribution in [3.05, 3.63) is 5.21 Å². The van der Waals surface area contributed by atoms with Crippen LogP contribution in [0.25, 0.3) is 0 Å². The third kappa shape index (κ3) is 13.9. The van der Waals surface area contributed by atoms with E-state index in [-0.39, 0.29) is 0 Å². The van der Waals surface area contributed by atoms with Crippen LogP contribution in [0.4, 0.5) is 0 Å². The molecule has 0 bridgehead atoms. The molecule has 0 heterocycles. The molecule has 0 aromatic heterocycles. The van der Waals surface area contributed by atoms with Gasteiger partial charge in [0.15, 0.2) is 0 Å². The Morgan fingerprint density at radius 1 is 0.750 bits per heavy atom. The van der Waals surface area contributed by atoms with Gasteiger partial charge in [0, 0.05) is 0 Å². The van der Waals surface area contributed by atoms with E-state index in [1.54, 1.807) is 0 Å². The van der Waals surface area contributed by atoms with Gasteiger partial charge in [-0.3, -0.25) is 0 Å². The normalized spacial score (nSPS) is 11.2. The van der Waals surface area contributed by atoms with Crippen molar-refractivity contribution >= 4 is 0 Å². The van der Waals surface area contributed by atoms with Crippen LogP contribution in [0.2, 0.25) is 0 Å². The molecular weight excluding hydrogens is 198 g/mol. The summed E-state index contributed by atoms with van der Waals surface area (Å²) in [5.41, 5.74) is 1.04. The Labute approximate surface area is 102 Å². The molecule has 0 saturated carbocycles. The van der Waals surface area contributed by atoms with E-state index in [4.69, 9.17) is 0 Å². The molecule has 0 radical (unpaired) electrons. The quantitative estimate of drug-likeness (QED) is 0.403. The zero-order chi connectivity index (χ0) is 12.1. The Bertz CT molecular complexity index is 126. The first-order valence-electron chi connectivity index (χ1n) is 7.21. The van der Waals surface area contributed by atoms with Gasteiger partial charge in [-0.15, -0.1) is 0 Å². The number of hydroxylamine groups is 1. The fraction of sp³-hybridized carbons (Fsp3) is 1.00. The molecule has 0 aliphatic rings. The summed E-state index contributed by atoms with van der Waals surface area (Å²) >= 11 is 0. The second-order valence-corrected chi connectivity index (χ2v) is 5.32. The van der Waals surface area contributed by atoms with Crippen molar-refractivity contribution in [1.29, 1.82) is 0 Å². The predicted molar refractivity (Wildman–Crippen MR) is 71.2 cm³/mol. The number of nitrogens with two attached hydrogens (primary N) is 1. The molecule has 0 aliphatic carbocycles. The number of unbranched alkanes of at least 4 members (excludes halogenated alkanes) is 8. The number of rotatable bonds is 12. The van der Waals surface area contributed by atoms with Gasteiger partial charge in [-0.25, -0.2) is 0 Å². The van der Waals surface area contributed by atoms with Crippen LogP contribution in [0.5, 0.6) is 0 Å². The Balaban J connectivity index is 2.88. The average Bonchev–Trinajstić information content (AvgIpc) is 2.25. The zero-order valence-corrected chi connectivity index (χ0v) is 11.3. The lowest BCUT2D eigenvalue weighted by Crippen LogP contribution is -2.77. The smallest absolute Gasteiger partial charge is 0.0752 e. The maximum absolute atomic E-state index is 10.1. The maximum atomic E-state index is 10.1. The van der Waals surface area contributed by atoms with Crippen molar-refractivity contribution < 1.29 is 5.48 Å².